The average molecular weight is 396 g/mol. The number of aliphatic imine (C=N–C) groups is 1. The van der Waals surface area contributed by atoms with Gasteiger partial charge in [-0.3, -0.25) is 4.99 Å². The zero-order valence-corrected chi connectivity index (χ0v) is 15.7. The second-order valence-corrected chi connectivity index (χ2v) is 7.18. The molecule has 134 valence electrons. The molecule has 2 aromatic heterocycles. The molecule has 4 nitrogen and oxygen atoms in total. The minimum Gasteiger partial charge on any atom is -0.467 e. The van der Waals surface area contributed by atoms with E-state index in [4.69, 9.17) is 20.8 Å². The van der Waals surface area contributed by atoms with Gasteiger partial charge in [0.2, 0.25) is 0 Å². The van der Waals surface area contributed by atoms with Gasteiger partial charge >= 0.3 is 5.97 Å². The van der Waals surface area contributed by atoms with E-state index in [1.807, 2.05) is 48.5 Å². The smallest absolute Gasteiger partial charge is 0.355 e. The maximum atomic E-state index is 12.5. The first-order chi connectivity index (χ1) is 13.2. The lowest BCUT2D eigenvalue weighted by atomic mass is 10.2. The number of nitrogens with zero attached hydrogens (tertiary/aromatic N) is 1. The quantitative estimate of drug-likeness (QED) is 0.237. The Balaban J connectivity index is 1.49. The SMILES string of the molecule is O=C(Oc1cccc(C=NCc2ccco2)c1)c1sc2ccccc2c1Cl. The molecular formula is C21H14ClNO3S. The molecule has 2 aromatic carbocycles. The molecule has 6 heteroatoms. The lowest BCUT2D eigenvalue weighted by molar-refractivity contribution is 0.0740. The first kappa shape index (κ1) is 17.5. The maximum Gasteiger partial charge on any atom is 0.355 e. The number of ether oxygens (including phenoxy) is 1. The molecule has 0 spiro atoms. The number of esters is 1. The summed E-state index contributed by atoms with van der Waals surface area (Å²) in [6.45, 7) is 0.453. The molecule has 0 aliphatic carbocycles. The second-order valence-electron chi connectivity index (χ2n) is 5.75. The number of benzene rings is 2. The van der Waals surface area contributed by atoms with Gasteiger partial charge in [0.1, 0.15) is 16.4 Å². The topological polar surface area (TPSA) is 51.8 Å². The number of hydrogen-bond donors (Lipinski definition) is 0. The van der Waals surface area contributed by atoms with Crippen LogP contribution < -0.4 is 4.74 Å². The molecule has 0 bridgehead atoms. The Labute approximate surface area is 164 Å². The molecule has 0 amide bonds. The Morgan fingerprint density at radius 3 is 2.85 bits per heavy atom. The highest BCUT2D eigenvalue weighted by Crippen LogP contribution is 2.35. The number of hydrogen-bond acceptors (Lipinski definition) is 5. The van der Waals surface area contributed by atoms with Crippen LogP contribution in [0.3, 0.4) is 0 Å². The summed E-state index contributed by atoms with van der Waals surface area (Å²) in [6, 6.07) is 18.5. The van der Waals surface area contributed by atoms with Crippen molar-refractivity contribution in [3.63, 3.8) is 0 Å². The van der Waals surface area contributed by atoms with Crippen molar-refractivity contribution in [2.45, 2.75) is 6.54 Å². The van der Waals surface area contributed by atoms with Crippen LogP contribution in [0, 0.1) is 0 Å². The van der Waals surface area contributed by atoms with E-state index < -0.39 is 5.97 Å². The molecular weight excluding hydrogens is 382 g/mol. The van der Waals surface area contributed by atoms with Crippen molar-refractivity contribution in [3.05, 3.63) is 88.2 Å². The predicted molar refractivity (Wildman–Crippen MR) is 108 cm³/mol. The van der Waals surface area contributed by atoms with Gasteiger partial charge in [0.15, 0.2) is 0 Å². The van der Waals surface area contributed by atoms with E-state index in [-0.39, 0.29) is 0 Å². The van der Waals surface area contributed by atoms with Crippen LogP contribution >= 0.6 is 22.9 Å². The van der Waals surface area contributed by atoms with E-state index in [9.17, 15) is 4.79 Å². The highest BCUT2D eigenvalue weighted by atomic mass is 35.5. The first-order valence-corrected chi connectivity index (χ1v) is 9.41. The zero-order valence-electron chi connectivity index (χ0n) is 14.1. The highest BCUT2D eigenvalue weighted by Gasteiger charge is 2.18. The average Bonchev–Trinajstić information content (AvgIpc) is 3.31. The van der Waals surface area contributed by atoms with E-state index in [1.165, 1.54) is 11.3 Å². The van der Waals surface area contributed by atoms with Crippen LogP contribution in [-0.4, -0.2) is 12.2 Å². The van der Waals surface area contributed by atoms with Crippen LogP contribution in [0.2, 0.25) is 5.02 Å². The van der Waals surface area contributed by atoms with Crippen molar-refractivity contribution in [2.75, 3.05) is 0 Å². The Morgan fingerprint density at radius 2 is 2.04 bits per heavy atom. The Bertz CT molecular complexity index is 1120. The normalized spacial score (nSPS) is 11.3. The fourth-order valence-electron chi connectivity index (χ4n) is 2.60. The molecule has 0 aliphatic rings. The van der Waals surface area contributed by atoms with Crippen molar-refractivity contribution in [1.29, 1.82) is 0 Å². The number of carbonyl (C=O) groups is 1. The Hall–Kier alpha value is -2.89. The van der Waals surface area contributed by atoms with Crippen molar-refractivity contribution < 1.29 is 13.9 Å². The fourth-order valence-corrected chi connectivity index (χ4v) is 3.99. The minimum atomic E-state index is -0.467. The molecule has 0 aliphatic heterocycles. The van der Waals surface area contributed by atoms with Crippen molar-refractivity contribution >= 4 is 45.2 Å². The summed E-state index contributed by atoms with van der Waals surface area (Å²) >= 11 is 7.67. The van der Waals surface area contributed by atoms with Crippen molar-refractivity contribution in [2.24, 2.45) is 4.99 Å². The number of rotatable bonds is 5. The van der Waals surface area contributed by atoms with Crippen LogP contribution in [0.1, 0.15) is 21.0 Å². The molecule has 0 saturated heterocycles. The predicted octanol–water partition coefficient (Wildman–Crippen LogP) is 5.99. The third kappa shape index (κ3) is 3.94. The van der Waals surface area contributed by atoms with Gasteiger partial charge in [-0.25, -0.2) is 4.79 Å². The van der Waals surface area contributed by atoms with Gasteiger partial charge < -0.3 is 9.15 Å². The first-order valence-electron chi connectivity index (χ1n) is 8.22. The van der Waals surface area contributed by atoms with Gasteiger partial charge in [0, 0.05) is 16.3 Å². The van der Waals surface area contributed by atoms with Crippen LogP contribution in [0.4, 0.5) is 0 Å². The molecule has 4 aromatic rings. The van der Waals surface area contributed by atoms with Crippen molar-refractivity contribution in [3.8, 4) is 5.75 Å². The van der Waals surface area contributed by atoms with E-state index in [1.54, 1.807) is 24.6 Å². The number of fused-ring (bicyclic) bond motifs is 1. The van der Waals surface area contributed by atoms with E-state index >= 15 is 0 Å². The highest BCUT2D eigenvalue weighted by molar-refractivity contribution is 7.21. The fraction of sp³-hybridized carbons (Fsp3) is 0.0476. The summed E-state index contributed by atoms with van der Waals surface area (Å²) in [5.41, 5.74) is 0.828. The summed E-state index contributed by atoms with van der Waals surface area (Å²) in [5.74, 6) is 0.759. The molecule has 4 rings (SSSR count). The van der Waals surface area contributed by atoms with Gasteiger partial charge in [-0.2, -0.15) is 0 Å². The molecule has 0 N–H and O–H groups in total. The molecule has 0 unspecified atom stereocenters. The summed E-state index contributed by atoms with van der Waals surface area (Å²) in [4.78, 5) is 17.3. The molecule has 2 heterocycles. The molecule has 27 heavy (non-hydrogen) atoms. The lowest BCUT2D eigenvalue weighted by Gasteiger charge is -2.04. The van der Waals surface area contributed by atoms with E-state index in [0.29, 0.717) is 22.2 Å². The van der Waals surface area contributed by atoms with Gasteiger partial charge in [-0.1, -0.05) is 41.9 Å². The lowest BCUT2D eigenvalue weighted by Crippen LogP contribution is -2.07. The van der Waals surface area contributed by atoms with E-state index in [0.717, 1.165) is 21.4 Å². The molecule has 0 fully saturated rings. The summed E-state index contributed by atoms with van der Waals surface area (Å²) in [7, 11) is 0. The van der Waals surface area contributed by atoms with Crippen LogP contribution in [0.25, 0.3) is 10.1 Å². The number of carbonyl (C=O) groups excluding carboxylic acids is 1. The Kier molecular flexibility index (Phi) is 5.05. The van der Waals surface area contributed by atoms with E-state index in [2.05, 4.69) is 4.99 Å². The number of thiophene rings is 1. The van der Waals surface area contributed by atoms with Crippen LogP contribution in [0.15, 0.2) is 76.3 Å². The zero-order chi connectivity index (χ0) is 18.6. The summed E-state index contributed by atoms with van der Waals surface area (Å²) in [6.07, 6.45) is 3.33. The minimum absolute atomic E-state index is 0.398. The maximum absolute atomic E-state index is 12.5. The van der Waals surface area contributed by atoms with Gasteiger partial charge in [0.25, 0.3) is 0 Å². The van der Waals surface area contributed by atoms with Gasteiger partial charge in [-0.15, -0.1) is 11.3 Å². The number of halogens is 1. The standard InChI is InChI=1S/C21H14ClNO3S/c22-19-17-8-1-2-9-18(17)27-20(19)21(24)26-15-6-3-5-14(11-15)12-23-13-16-7-4-10-25-16/h1-12H,13H2. The molecule has 0 atom stereocenters. The monoisotopic (exact) mass is 395 g/mol. The van der Waals surface area contributed by atoms with Crippen LogP contribution in [0.5, 0.6) is 5.75 Å². The third-order valence-corrected chi connectivity index (χ3v) is 5.51. The van der Waals surface area contributed by atoms with Gasteiger partial charge in [-0.05, 0) is 35.9 Å². The summed E-state index contributed by atoms with van der Waals surface area (Å²) < 4.78 is 11.7. The van der Waals surface area contributed by atoms with Gasteiger partial charge in [0.05, 0.1) is 17.8 Å². The number of furan rings is 1. The summed E-state index contributed by atoms with van der Waals surface area (Å²) in [5, 5.41) is 1.28. The van der Waals surface area contributed by atoms with Crippen molar-refractivity contribution in [1.82, 2.24) is 0 Å². The third-order valence-electron chi connectivity index (χ3n) is 3.86. The molecule has 0 saturated carbocycles. The molecule has 0 radical (unpaired) electrons. The van der Waals surface area contributed by atoms with Crippen LogP contribution in [-0.2, 0) is 6.54 Å². The Morgan fingerprint density at radius 1 is 1.15 bits per heavy atom. The second kappa shape index (κ2) is 7.78. The largest absolute Gasteiger partial charge is 0.467 e.